The zero-order valence-electron chi connectivity index (χ0n) is 13.9. The Labute approximate surface area is 156 Å². The van der Waals surface area contributed by atoms with Crippen LogP contribution in [-0.4, -0.2) is 31.8 Å². The van der Waals surface area contributed by atoms with Crippen LogP contribution in [0.1, 0.15) is 36.9 Å². The Balaban J connectivity index is 1.70. The van der Waals surface area contributed by atoms with Gasteiger partial charge in [-0.1, -0.05) is 18.3 Å². The van der Waals surface area contributed by atoms with E-state index >= 15 is 0 Å². The predicted octanol–water partition coefficient (Wildman–Crippen LogP) is 4.45. The molecule has 0 radical (unpaired) electrons. The monoisotopic (exact) mass is 399 g/mol. The Bertz CT molecular complexity index is 935. The summed E-state index contributed by atoms with van der Waals surface area (Å²) in [5, 5.41) is 7.46. The molecule has 0 saturated heterocycles. The summed E-state index contributed by atoms with van der Waals surface area (Å²) in [7, 11) is 0. The summed E-state index contributed by atoms with van der Waals surface area (Å²) in [6.45, 7) is 1.60. The first-order chi connectivity index (χ1) is 12.5. The quantitative estimate of drug-likeness (QED) is 0.595. The zero-order chi connectivity index (χ0) is 18.3. The van der Waals surface area contributed by atoms with Crippen LogP contribution in [0.25, 0.3) is 16.3 Å². The second kappa shape index (κ2) is 6.82. The lowest BCUT2D eigenvalue weighted by atomic mass is 10.3. The van der Waals surface area contributed by atoms with Crippen LogP contribution in [-0.2, 0) is 6.42 Å². The number of aryl methyl sites for hydroxylation is 1. The molecule has 1 aliphatic rings. The van der Waals surface area contributed by atoms with Gasteiger partial charge in [-0.3, -0.25) is 9.12 Å². The Morgan fingerprint density at radius 2 is 2.15 bits per heavy atom. The molecule has 0 amide bonds. The van der Waals surface area contributed by atoms with Crippen LogP contribution in [0, 0.1) is 0 Å². The SMILES string of the molecule is CCc1nc(-c2nnc(C(F)F)s2)n2cc(SNC3(CF)CC3)ccc12. The maximum atomic E-state index is 13.0. The van der Waals surface area contributed by atoms with Gasteiger partial charge < -0.3 is 0 Å². The Morgan fingerprint density at radius 3 is 2.77 bits per heavy atom. The standard InChI is InChI=1S/C16H16F3N5S2/c1-2-10-11-4-3-9(26-23-16(8-17)5-6-16)7-24(11)13(20-10)15-22-21-14(25-15)12(18)19/h3-4,7,12,23H,2,5-6,8H2,1H3. The number of nitrogens with one attached hydrogen (secondary N) is 1. The van der Waals surface area contributed by atoms with Crippen molar-refractivity contribution in [2.24, 2.45) is 0 Å². The average Bonchev–Trinajstić information content (AvgIpc) is 3.10. The van der Waals surface area contributed by atoms with E-state index in [1.165, 1.54) is 11.9 Å². The molecule has 138 valence electrons. The van der Waals surface area contributed by atoms with Crippen LogP contribution in [0.3, 0.4) is 0 Å². The molecule has 0 spiro atoms. The van der Waals surface area contributed by atoms with Gasteiger partial charge in [0.15, 0.2) is 15.8 Å². The third-order valence-electron chi connectivity index (χ3n) is 4.33. The van der Waals surface area contributed by atoms with E-state index in [0.717, 1.165) is 40.3 Å². The molecule has 0 unspecified atom stereocenters. The van der Waals surface area contributed by atoms with Gasteiger partial charge in [0.05, 0.1) is 16.7 Å². The fraction of sp³-hybridized carbons (Fsp3) is 0.438. The second-order valence-electron chi connectivity index (χ2n) is 6.22. The average molecular weight is 399 g/mol. The summed E-state index contributed by atoms with van der Waals surface area (Å²) < 4.78 is 43.7. The van der Waals surface area contributed by atoms with E-state index in [9.17, 15) is 13.2 Å². The number of nitrogens with zero attached hydrogens (tertiary/aromatic N) is 4. The van der Waals surface area contributed by atoms with Crippen molar-refractivity contribution < 1.29 is 13.2 Å². The van der Waals surface area contributed by atoms with Crippen LogP contribution >= 0.6 is 23.3 Å². The van der Waals surface area contributed by atoms with E-state index in [1.807, 2.05) is 29.7 Å². The van der Waals surface area contributed by atoms with Crippen molar-refractivity contribution in [3.05, 3.63) is 29.0 Å². The molecule has 10 heteroatoms. The van der Waals surface area contributed by atoms with Gasteiger partial charge in [-0.25, -0.2) is 18.2 Å². The summed E-state index contributed by atoms with van der Waals surface area (Å²) in [6.07, 6.45) is 1.59. The number of hydrogen-bond donors (Lipinski definition) is 1. The fourth-order valence-electron chi connectivity index (χ4n) is 2.60. The Hall–Kier alpha value is -1.65. The normalized spacial score (nSPS) is 15.9. The van der Waals surface area contributed by atoms with Crippen molar-refractivity contribution in [2.75, 3.05) is 6.67 Å². The highest BCUT2D eigenvalue weighted by Gasteiger charge is 2.42. The Morgan fingerprint density at radius 1 is 1.35 bits per heavy atom. The molecule has 0 aromatic carbocycles. The summed E-state index contributed by atoms with van der Waals surface area (Å²) in [5.41, 5.74) is 1.35. The van der Waals surface area contributed by atoms with Crippen molar-refractivity contribution in [1.29, 1.82) is 0 Å². The first-order valence-electron chi connectivity index (χ1n) is 8.18. The van der Waals surface area contributed by atoms with E-state index in [4.69, 9.17) is 0 Å². The third kappa shape index (κ3) is 3.21. The lowest BCUT2D eigenvalue weighted by Gasteiger charge is -2.12. The lowest BCUT2D eigenvalue weighted by Crippen LogP contribution is -2.27. The topological polar surface area (TPSA) is 55.1 Å². The summed E-state index contributed by atoms with van der Waals surface area (Å²) in [6, 6.07) is 3.88. The molecule has 1 fully saturated rings. The molecule has 26 heavy (non-hydrogen) atoms. The number of hydrogen-bond acceptors (Lipinski definition) is 6. The van der Waals surface area contributed by atoms with Crippen LogP contribution in [0.15, 0.2) is 23.2 Å². The van der Waals surface area contributed by atoms with Crippen LogP contribution < -0.4 is 4.72 Å². The molecule has 0 atom stereocenters. The van der Waals surface area contributed by atoms with Gasteiger partial charge in [0.2, 0.25) is 0 Å². The highest BCUT2D eigenvalue weighted by molar-refractivity contribution is 7.97. The number of rotatable bonds is 7. The minimum Gasteiger partial charge on any atom is -0.296 e. The molecule has 0 aliphatic heterocycles. The second-order valence-corrected chi connectivity index (χ2v) is 8.11. The number of pyridine rings is 1. The van der Waals surface area contributed by atoms with Crippen molar-refractivity contribution in [3.8, 4) is 10.8 Å². The summed E-state index contributed by atoms with van der Waals surface area (Å²) in [4.78, 5) is 5.45. The molecular weight excluding hydrogens is 383 g/mol. The maximum absolute atomic E-state index is 13.0. The highest BCUT2D eigenvalue weighted by atomic mass is 32.2. The summed E-state index contributed by atoms with van der Waals surface area (Å²) in [5.74, 6) is 0.496. The van der Waals surface area contributed by atoms with Gasteiger partial charge >= 0.3 is 0 Å². The van der Waals surface area contributed by atoms with E-state index in [0.29, 0.717) is 17.3 Å². The molecule has 0 bridgehead atoms. The van der Waals surface area contributed by atoms with Gasteiger partial charge in [-0.15, -0.1) is 10.2 Å². The number of halogens is 3. The van der Waals surface area contributed by atoms with Gasteiger partial charge in [0.1, 0.15) is 6.67 Å². The van der Waals surface area contributed by atoms with E-state index in [-0.39, 0.29) is 11.7 Å². The van der Waals surface area contributed by atoms with Crippen LogP contribution in [0.4, 0.5) is 13.2 Å². The lowest BCUT2D eigenvalue weighted by molar-refractivity contribution is 0.150. The van der Waals surface area contributed by atoms with Crippen LogP contribution in [0.5, 0.6) is 0 Å². The molecule has 4 rings (SSSR count). The third-order valence-corrected chi connectivity index (χ3v) is 6.27. The molecule has 1 saturated carbocycles. The van der Waals surface area contributed by atoms with Gasteiger partial charge in [-0.2, -0.15) is 0 Å². The fourth-order valence-corrected chi connectivity index (χ4v) is 4.17. The number of alkyl halides is 3. The first-order valence-corrected chi connectivity index (χ1v) is 9.81. The molecular formula is C16H16F3N5S2. The maximum Gasteiger partial charge on any atom is 0.291 e. The minimum atomic E-state index is -2.65. The van der Waals surface area contributed by atoms with Crippen molar-refractivity contribution in [1.82, 2.24) is 24.3 Å². The van der Waals surface area contributed by atoms with Gasteiger partial charge in [0.25, 0.3) is 6.43 Å². The Kier molecular flexibility index (Phi) is 4.66. The first kappa shape index (κ1) is 17.7. The van der Waals surface area contributed by atoms with Crippen LogP contribution in [0.2, 0.25) is 0 Å². The molecule has 1 aliphatic carbocycles. The van der Waals surface area contributed by atoms with E-state index < -0.39 is 12.0 Å². The number of fused-ring (bicyclic) bond motifs is 1. The predicted molar refractivity (Wildman–Crippen MR) is 95.4 cm³/mol. The van der Waals surface area contributed by atoms with Crippen molar-refractivity contribution >= 4 is 28.8 Å². The molecule has 5 nitrogen and oxygen atoms in total. The van der Waals surface area contributed by atoms with Gasteiger partial charge in [0, 0.05) is 11.1 Å². The largest absolute Gasteiger partial charge is 0.296 e. The highest BCUT2D eigenvalue weighted by Crippen LogP contribution is 2.39. The molecule has 3 heterocycles. The molecule has 1 N–H and O–H groups in total. The number of imidazole rings is 1. The minimum absolute atomic E-state index is 0.319. The van der Waals surface area contributed by atoms with Gasteiger partial charge in [-0.05, 0) is 43.3 Å². The molecule has 3 aromatic heterocycles. The van der Waals surface area contributed by atoms with E-state index in [2.05, 4.69) is 19.9 Å². The summed E-state index contributed by atoms with van der Waals surface area (Å²) >= 11 is 2.21. The van der Waals surface area contributed by atoms with E-state index in [1.54, 1.807) is 0 Å². The molecule has 3 aromatic rings. The van der Waals surface area contributed by atoms with Crippen molar-refractivity contribution in [3.63, 3.8) is 0 Å². The zero-order valence-corrected chi connectivity index (χ0v) is 15.5. The smallest absolute Gasteiger partial charge is 0.291 e. The van der Waals surface area contributed by atoms with Crippen molar-refractivity contribution in [2.45, 2.75) is 43.0 Å². The number of aromatic nitrogens is 4.